The van der Waals surface area contributed by atoms with E-state index >= 15 is 0 Å². The number of phenolic OH excluding ortho intramolecular Hbond substituents is 1. The Bertz CT molecular complexity index is 524. The van der Waals surface area contributed by atoms with E-state index in [-0.39, 0.29) is 23.2 Å². The fourth-order valence-electron chi connectivity index (χ4n) is 2.82. The first-order valence-electron chi connectivity index (χ1n) is 8.96. The van der Waals surface area contributed by atoms with Gasteiger partial charge < -0.3 is 10.2 Å². The molecule has 0 atom stereocenters. The van der Waals surface area contributed by atoms with Gasteiger partial charge in [0.15, 0.2) is 0 Å². The Kier molecular flexibility index (Phi) is 7.03. The first-order chi connectivity index (χ1) is 11.0. The van der Waals surface area contributed by atoms with Gasteiger partial charge in [0.05, 0.1) is 0 Å². The summed E-state index contributed by atoms with van der Waals surface area (Å²) in [5, 5.41) is 19.5. The van der Waals surface area contributed by atoms with E-state index < -0.39 is 0 Å². The van der Waals surface area contributed by atoms with Crippen LogP contribution in [0.1, 0.15) is 83.9 Å². The zero-order chi connectivity index (χ0) is 18.5. The van der Waals surface area contributed by atoms with Crippen LogP contribution < -0.4 is 0 Å². The van der Waals surface area contributed by atoms with E-state index in [1.54, 1.807) is 0 Å². The molecule has 136 valence electrons. The average Bonchev–Trinajstić information content (AvgIpc) is 2.44. The highest BCUT2D eigenvalue weighted by atomic mass is 16.3. The van der Waals surface area contributed by atoms with Crippen LogP contribution in [0, 0.1) is 0 Å². The summed E-state index contributed by atoms with van der Waals surface area (Å²) in [5.41, 5.74) is 2.70. The van der Waals surface area contributed by atoms with Crippen LogP contribution in [0.4, 0.5) is 0 Å². The minimum atomic E-state index is -0.148. The molecule has 2 N–H and O–H groups in total. The molecule has 1 aromatic carbocycles. The number of aliphatic hydroxyl groups excluding tert-OH is 1. The molecule has 0 amide bonds. The van der Waals surface area contributed by atoms with Crippen molar-refractivity contribution in [2.24, 2.45) is 0 Å². The van der Waals surface area contributed by atoms with Crippen LogP contribution in [0.5, 0.6) is 5.75 Å². The lowest BCUT2D eigenvalue weighted by atomic mass is 9.78. The molecular formula is C21H34O3. The van der Waals surface area contributed by atoms with E-state index in [1.165, 1.54) is 0 Å². The maximum absolute atomic E-state index is 12.0. The lowest BCUT2D eigenvalue weighted by Crippen LogP contribution is -2.18. The maximum atomic E-state index is 12.0. The summed E-state index contributed by atoms with van der Waals surface area (Å²) in [6.07, 6.45) is 3.20. The van der Waals surface area contributed by atoms with Crippen molar-refractivity contribution in [3.05, 3.63) is 28.8 Å². The largest absolute Gasteiger partial charge is 0.507 e. The number of Topliss-reactive ketones (excluding diaryl/α,β-unsaturated/α-hetero) is 1. The lowest BCUT2D eigenvalue weighted by molar-refractivity contribution is -0.119. The number of aliphatic hydroxyl groups is 1. The van der Waals surface area contributed by atoms with Gasteiger partial charge in [-0.1, -0.05) is 53.7 Å². The average molecular weight is 335 g/mol. The van der Waals surface area contributed by atoms with Gasteiger partial charge in [-0.2, -0.15) is 0 Å². The van der Waals surface area contributed by atoms with Crippen LogP contribution in [-0.2, 0) is 22.0 Å². The molecule has 1 rings (SSSR count). The number of benzene rings is 1. The highest BCUT2D eigenvalue weighted by Gasteiger charge is 2.26. The van der Waals surface area contributed by atoms with E-state index in [0.29, 0.717) is 31.4 Å². The molecular weight excluding hydrogens is 300 g/mol. The summed E-state index contributed by atoms with van der Waals surface area (Å²) >= 11 is 0. The zero-order valence-electron chi connectivity index (χ0n) is 16.2. The number of aromatic hydroxyl groups is 1. The monoisotopic (exact) mass is 334 g/mol. The van der Waals surface area contributed by atoms with Crippen molar-refractivity contribution in [2.75, 3.05) is 6.61 Å². The predicted molar refractivity (Wildman–Crippen MR) is 99.8 cm³/mol. The van der Waals surface area contributed by atoms with Crippen LogP contribution in [0.15, 0.2) is 12.1 Å². The van der Waals surface area contributed by atoms with Crippen LogP contribution in [0.2, 0.25) is 0 Å². The van der Waals surface area contributed by atoms with Crippen molar-refractivity contribution in [3.8, 4) is 5.75 Å². The molecule has 0 aromatic heterocycles. The number of rotatable bonds is 7. The van der Waals surface area contributed by atoms with Crippen LogP contribution >= 0.6 is 0 Å². The molecule has 0 spiro atoms. The van der Waals surface area contributed by atoms with Crippen molar-refractivity contribution in [1.82, 2.24) is 0 Å². The molecule has 24 heavy (non-hydrogen) atoms. The Balaban J connectivity index is 3.01. The standard InChI is InChI=1S/C21H34O3/c1-20(2,3)17-13-15(10-11-16(23)9-7-8-12-22)14-18(19(17)24)21(4,5)6/h13-14,22,24H,7-12H2,1-6H3. The number of carbonyl (C=O) groups excluding carboxylic acids is 1. The van der Waals surface area contributed by atoms with Crippen LogP contribution in [0.3, 0.4) is 0 Å². The fourth-order valence-corrected chi connectivity index (χ4v) is 2.82. The SMILES string of the molecule is CC(C)(C)c1cc(CCC(=O)CCCCO)cc(C(C)(C)C)c1O. The normalized spacial score (nSPS) is 12.5. The van der Waals surface area contributed by atoms with Crippen molar-refractivity contribution in [2.45, 2.75) is 84.5 Å². The van der Waals surface area contributed by atoms with Gasteiger partial charge in [-0.3, -0.25) is 4.79 Å². The summed E-state index contributed by atoms with van der Waals surface area (Å²) < 4.78 is 0. The topological polar surface area (TPSA) is 57.5 Å². The second-order valence-corrected chi connectivity index (χ2v) is 8.76. The molecule has 0 radical (unpaired) electrons. The Morgan fingerprint density at radius 1 is 0.917 bits per heavy atom. The highest BCUT2D eigenvalue weighted by molar-refractivity contribution is 5.78. The molecule has 1 aromatic rings. The van der Waals surface area contributed by atoms with E-state index in [1.807, 2.05) is 12.1 Å². The first kappa shape index (κ1) is 20.7. The quantitative estimate of drug-likeness (QED) is 0.714. The molecule has 0 unspecified atom stereocenters. The number of hydrogen-bond donors (Lipinski definition) is 2. The molecule has 0 fully saturated rings. The minimum Gasteiger partial charge on any atom is -0.507 e. The van der Waals surface area contributed by atoms with Gasteiger partial charge in [0.1, 0.15) is 11.5 Å². The summed E-state index contributed by atoms with van der Waals surface area (Å²) in [4.78, 5) is 12.0. The predicted octanol–water partition coefficient (Wildman–Crippen LogP) is 4.65. The van der Waals surface area contributed by atoms with Gasteiger partial charge in [0.2, 0.25) is 0 Å². The molecule has 0 aliphatic carbocycles. The third-order valence-corrected chi connectivity index (χ3v) is 4.34. The Labute approximate surface area is 147 Å². The Morgan fingerprint density at radius 3 is 1.83 bits per heavy atom. The molecule has 3 nitrogen and oxygen atoms in total. The van der Waals surface area contributed by atoms with E-state index in [4.69, 9.17) is 5.11 Å². The Hall–Kier alpha value is -1.35. The molecule has 0 aliphatic heterocycles. The number of hydrogen-bond acceptors (Lipinski definition) is 3. The number of unbranched alkanes of at least 4 members (excludes halogenated alkanes) is 1. The van der Waals surface area contributed by atoms with Crippen LogP contribution in [0.25, 0.3) is 0 Å². The van der Waals surface area contributed by atoms with Crippen molar-refractivity contribution >= 4 is 5.78 Å². The third-order valence-electron chi connectivity index (χ3n) is 4.34. The highest BCUT2D eigenvalue weighted by Crippen LogP contribution is 2.39. The summed E-state index contributed by atoms with van der Waals surface area (Å²) in [5.74, 6) is 0.624. The summed E-state index contributed by atoms with van der Waals surface area (Å²) in [6.45, 7) is 12.7. The molecule has 0 aliphatic rings. The second-order valence-electron chi connectivity index (χ2n) is 8.76. The molecule has 0 saturated carbocycles. The van der Waals surface area contributed by atoms with Gasteiger partial charge >= 0.3 is 0 Å². The van der Waals surface area contributed by atoms with Gasteiger partial charge in [0.25, 0.3) is 0 Å². The van der Waals surface area contributed by atoms with Gasteiger partial charge in [-0.05, 0) is 46.8 Å². The number of carbonyl (C=O) groups is 1. The van der Waals surface area contributed by atoms with Crippen molar-refractivity contribution < 1.29 is 15.0 Å². The Morgan fingerprint density at radius 2 is 1.42 bits per heavy atom. The minimum absolute atomic E-state index is 0.148. The van der Waals surface area contributed by atoms with E-state index in [2.05, 4.69) is 41.5 Å². The van der Waals surface area contributed by atoms with Gasteiger partial charge in [-0.15, -0.1) is 0 Å². The fraction of sp³-hybridized carbons (Fsp3) is 0.667. The molecule has 0 heterocycles. The summed E-state index contributed by atoms with van der Waals surface area (Å²) in [7, 11) is 0. The number of phenols is 1. The smallest absolute Gasteiger partial charge is 0.133 e. The van der Waals surface area contributed by atoms with Crippen molar-refractivity contribution in [3.63, 3.8) is 0 Å². The van der Waals surface area contributed by atoms with Crippen LogP contribution in [-0.4, -0.2) is 22.6 Å². The second kappa shape index (κ2) is 8.15. The van der Waals surface area contributed by atoms with E-state index in [9.17, 15) is 9.90 Å². The number of aryl methyl sites for hydroxylation is 1. The summed E-state index contributed by atoms with van der Waals surface area (Å²) in [6, 6.07) is 4.09. The maximum Gasteiger partial charge on any atom is 0.133 e. The lowest BCUT2D eigenvalue weighted by Gasteiger charge is -2.28. The van der Waals surface area contributed by atoms with Crippen molar-refractivity contribution in [1.29, 1.82) is 0 Å². The third kappa shape index (κ3) is 5.94. The number of ketones is 1. The van der Waals surface area contributed by atoms with Gasteiger partial charge in [0, 0.05) is 19.4 Å². The van der Waals surface area contributed by atoms with E-state index in [0.717, 1.165) is 23.1 Å². The molecule has 3 heteroatoms. The molecule has 0 saturated heterocycles. The molecule has 0 bridgehead atoms. The van der Waals surface area contributed by atoms with Gasteiger partial charge in [-0.25, -0.2) is 0 Å². The zero-order valence-corrected chi connectivity index (χ0v) is 16.2. The first-order valence-corrected chi connectivity index (χ1v) is 8.96.